The summed E-state index contributed by atoms with van der Waals surface area (Å²) in [5, 5.41) is 21.0. The molecule has 0 atom stereocenters. The third kappa shape index (κ3) is 5.28. The van der Waals surface area contributed by atoms with E-state index in [1.807, 2.05) is 18.2 Å². The van der Waals surface area contributed by atoms with Crippen LogP contribution in [0.5, 0.6) is 0 Å². The molecule has 170 valence electrons. The average molecular weight is 534 g/mol. The first kappa shape index (κ1) is 24.7. The smallest absolute Gasteiger partial charge is 0.423 e. The van der Waals surface area contributed by atoms with Gasteiger partial charge in [0.1, 0.15) is 16.1 Å². The van der Waals surface area contributed by atoms with E-state index >= 15 is 0 Å². The van der Waals surface area contributed by atoms with Crippen molar-refractivity contribution in [2.24, 2.45) is 0 Å². The Labute approximate surface area is 214 Å². The van der Waals surface area contributed by atoms with Crippen molar-refractivity contribution >= 4 is 80.8 Å². The summed E-state index contributed by atoms with van der Waals surface area (Å²) in [5.74, 6) is -0.312. The molecule has 0 fully saturated rings. The summed E-state index contributed by atoms with van der Waals surface area (Å²) in [5.41, 5.74) is 2.84. The third-order valence-electron chi connectivity index (χ3n) is 4.96. The van der Waals surface area contributed by atoms with Crippen molar-refractivity contribution in [3.05, 3.63) is 99.0 Å². The van der Waals surface area contributed by atoms with E-state index in [-0.39, 0.29) is 16.4 Å². The zero-order chi connectivity index (χ0) is 24.4. The second-order valence-corrected chi connectivity index (χ2v) is 8.72. The standard InChI is InChI=1S/C15H8Cl2FN.C9H6BCl2NO2/c16-13-5-2-6-14-12(13)8-11(15(17)19-14)9-3-1-4-10(18)7-9;11-7-2-1-3-8-5(7)4-6(10(14)15)9(12)13-8/h1-8H;1-4,14-15H. The lowest BCUT2D eigenvalue weighted by Gasteiger charge is -2.07. The van der Waals surface area contributed by atoms with E-state index in [9.17, 15) is 4.39 Å². The number of hydrogen-bond acceptors (Lipinski definition) is 4. The molecule has 10 heteroatoms. The highest BCUT2D eigenvalue weighted by Gasteiger charge is 2.17. The SMILES string of the molecule is Fc1cccc(-c2cc3c(Cl)cccc3nc2Cl)c1.OB(O)c1cc2c(Cl)cccc2nc1Cl. The fraction of sp³-hybridized carbons (Fsp3) is 0. The van der Waals surface area contributed by atoms with Crippen LogP contribution < -0.4 is 5.46 Å². The van der Waals surface area contributed by atoms with Gasteiger partial charge in [0.05, 0.1) is 11.0 Å². The van der Waals surface area contributed by atoms with Gasteiger partial charge in [0.25, 0.3) is 0 Å². The maximum absolute atomic E-state index is 13.3. The van der Waals surface area contributed by atoms with Gasteiger partial charge in [-0.05, 0) is 54.1 Å². The van der Waals surface area contributed by atoms with Gasteiger partial charge in [-0.25, -0.2) is 14.4 Å². The van der Waals surface area contributed by atoms with E-state index < -0.39 is 7.12 Å². The minimum absolute atomic E-state index is 0.0692. The summed E-state index contributed by atoms with van der Waals surface area (Å²) in [6.45, 7) is 0. The molecule has 3 aromatic carbocycles. The van der Waals surface area contributed by atoms with E-state index in [1.165, 1.54) is 18.2 Å². The minimum Gasteiger partial charge on any atom is -0.423 e. The van der Waals surface area contributed by atoms with E-state index in [0.29, 0.717) is 37.2 Å². The second-order valence-electron chi connectivity index (χ2n) is 7.19. The van der Waals surface area contributed by atoms with E-state index in [0.717, 1.165) is 10.9 Å². The lowest BCUT2D eigenvalue weighted by atomic mass is 9.81. The molecule has 2 aromatic heterocycles. The first-order valence-electron chi connectivity index (χ1n) is 9.86. The number of hydrogen-bond donors (Lipinski definition) is 2. The summed E-state index contributed by atoms with van der Waals surface area (Å²) in [4.78, 5) is 8.32. The molecule has 0 radical (unpaired) electrons. The highest BCUT2D eigenvalue weighted by Crippen LogP contribution is 2.32. The quantitative estimate of drug-likeness (QED) is 0.199. The molecule has 5 aromatic rings. The van der Waals surface area contributed by atoms with Gasteiger partial charge < -0.3 is 10.0 Å². The number of benzene rings is 3. The summed E-state index contributed by atoms with van der Waals surface area (Å²) < 4.78 is 13.3. The molecule has 4 nitrogen and oxygen atoms in total. The van der Waals surface area contributed by atoms with Crippen LogP contribution in [0.3, 0.4) is 0 Å². The normalized spacial score (nSPS) is 10.8. The predicted molar refractivity (Wildman–Crippen MR) is 139 cm³/mol. The van der Waals surface area contributed by atoms with E-state index in [4.69, 9.17) is 56.5 Å². The highest BCUT2D eigenvalue weighted by molar-refractivity contribution is 6.62. The number of aromatic nitrogens is 2. The molecule has 34 heavy (non-hydrogen) atoms. The van der Waals surface area contributed by atoms with E-state index in [2.05, 4.69) is 9.97 Å². The highest BCUT2D eigenvalue weighted by atomic mass is 35.5. The van der Waals surface area contributed by atoms with Crippen LogP contribution in [0.4, 0.5) is 4.39 Å². The number of halogens is 5. The lowest BCUT2D eigenvalue weighted by molar-refractivity contribution is 0.425. The topological polar surface area (TPSA) is 66.2 Å². The number of rotatable bonds is 2. The monoisotopic (exact) mass is 532 g/mol. The van der Waals surface area contributed by atoms with Crippen LogP contribution in [0.1, 0.15) is 0 Å². The van der Waals surface area contributed by atoms with Crippen LogP contribution >= 0.6 is 46.4 Å². The van der Waals surface area contributed by atoms with Crippen molar-refractivity contribution in [2.45, 2.75) is 0 Å². The first-order chi connectivity index (χ1) is 16.2. The Morgan fingerprint density at radius 3 is 1.82 bits per heavy atom. The average Bonchev–Trinajstić information content (AvgIpc) is 2.79. The Morgan fingerprint density at radius 1 is 0.676 bits per heavy atom. The number of pyridine rings is 2. The zero-order valence-corrected chi connectivity index (χ0v) is 20.2. The van der Waals surface area contributed by atoms with Crippen LogP contribution in [0, 0.1) is 5.82 Å². The minimum atomic E-state index is -1.65. The van der Waals surface area contributed by atoms with Crippen molar-refractivity contribution in [3.63, 3.8) is 0 Å². The molecule has 2 heterocycles. The molecule has 0 bridgehead atoms. The van der Waals surface area contributed by atoms with Gasteiger partial charge >= 0.3 is 7.12 Å². The predicted octanol–water partition coefficient (Wildman–Crippen LogP) is 6.57. The van der Waals surface area contributed by atoms with Gasteiger partial charge in [-0.15, -0.1) is 0 Å². The van der Waals surface area contributed by atoms with Crippen molar-refractivity contribution in [3.8, 4) is 11.1 Å². The molecule has 5 rings (SSSR count). The molecule has 0 aliphatic rings. The van der Waals surface area contributed by atoms with E-state index in [1.54, 1.807) is 36.4 Å². The summed E-state index contributed by atoms with van der Waals surface area (Å²) in [6, 6.07) is 20.2. The zero-order valence-electron chi connectivity index (χ0n) is 17.2. The summed E-state index contributed by atoms with van der Waals surface area (Å²) in [7, 11) is -1.65. The maximum Gasteiger partial charge on any atom is 0.491 e. The molecule has 2 N–H and O–H groups in total. The molecule has 0 aliphatic heterocycles. The second kappa shape index (κ2) is 10.4. The Bertz CT molecular complexity index is 1520. The molecule has 0 spiro atoms. The van der Waals surface area contributed by atoms with Crippen molar-refractivity contribution in [1.82, 2.24) is 9.97 Å². The summed E-state index contributed by atoms with van der Waals surface area (Å²) in [6.07, 6.45) is 0. The van der Waals surface area contributed by atoms with Gasteiger partial charge in [-0.3, -0.25) is 0 Å². The summed E-state index contributed by atoms with van der Waals surface area (Å²) >= 11 is 24.0. The molecular weight excluding hydrogens is 520 g/mol. The Kier molecular flexibility index (Phi) is 7.58. The maximum atomic E-state index is 13.3. The van der Waals surface area contributed by atoms with Crippen LogP contribution in [-0.2, 0) is 0 Å². The van der Waals surface area contributed by atoms with Gasteiger partial charge in [-0.2, -0.15) is 0 Å². The Balaban J connectivity index is 0.000000166. The van der Waals surface area contributed by atoms with Crippen LogP contribution in [0.15, 0.2) is 72.8 Å². The third-order valence-corrected chi connectivity index (χ3v) is 6.21. The van der Waals surface area contributed by atoms with Crippen LogP contribution in [0.2, 0.25) is 20.4 Å². The Morgan fingerprint density at radius 2 is 1.24 bits per heavy atom. The fourth-order valence-electron chi connectivity index (χ4n) is 3.33. The van der Waals surface area contributed by atoms with Gasteiger partial charge in [0.2, 0.25) is 0 Å². The van der Waals surface area contributed by atoms with Crippen LogP contribution in [0.25, 0.3) is 32.9 Å². The fourth-order valence-corrected chi connectivity index (χ4v) is 4.27. The molecular formula is C24H14BCl4FN2O2. The molecule has 0 aliphatic carbocycles. The molecule has 0 saturated heterocycles. The molecule has 0 amide bonds. The van der Waals surface area contributed by atoms with Gasteiger partial charge in [-0.1, -0.05) is 70.7 Å². The van der Waals surface area contributed by atoms with Crippen LogP contribution in [-0.4, -0.2) is 27.1 Å². The molecule has 0 saturated carbocycles. The van der Waals surface area contributed by atoms with Gasteiger partial charge in [0, 0.05) is 31.8 Å². The molecule has 0 unspecified atom stereocenters. The van der Waals surface area contributed by atoms with Gasteiger partial charge in [0.15, 0.2) is 0 Å². The van der Waals surface area contributed by atoms with Crippen molar-refractivity contribution in [1.29, 1.82) is 0 Å². The first-order valence-corrected chi connectivity index (χ1v) is 11.4. The lowest BCUT2D eigenvalue weighted by Crippen LogP contribution is -2.31. The van der Waals surface area contributed by atoms with Crippen molar-refractivity contribution in [2.75, 3.05) is 0 Å². The Hall–Kier alpha value is -2.45. The number of fused-ring (bicyclic) bond motifs is 2. The largest absolute Gasteiger partial charge is 0.491 e. The number of nitrogens with zero attached hydrogens (tertiary/aromatic N) is 2. The van der Waals surface area contributed by atoms with Crippen molar-refractivity contribution < 1.29 is 14.4 Å².